The third-order valence-corrected chi connectivity index (χ3v) is 7.35. The summed E-state index contributed by atoms with van der Waals surface area (Å²) < 4.78 is 17.5. The summed E-state index contributed by atoms with van der Waals surface area (Å²) in [7, 11) is 0. The largest absolute Gasteiger partial charge is 0.366 e. The number of rotatable bonds is 4. The van der Waals surface area contributed by atoms with Crippen LogP contribution in [0.3, 0.4) is 0 Å². The molecule has 0 saturated carbocycles. The van der Waals surface area contributed by atoms with Gasteiger partial charge in [-0.3, -0.25) is 9.59 Å². The van der Waals surface area contributed by atoms with Crippen LogP contribution in [0, 0.1) is 5.82 Å². The van der Waals surface area contributed by atoms with Gasteiger partial charge in [-0.15, -0.1) is 0 Å². The van der Waals surface area contributed by atoms with Crippen LogP contribution in [0.1, 0.15) is 40.0 Å². The predicted molar refractivity (Wildman–Crippen MR) is 136 cm³/mol. The van der Waals surface area contributed by atoms with Crippen molar-refractivity contribution in [3.05, 3.63) is 99.5 Å². The molecule has 1 saturated heterocycles. The summed E-state index contributed by atoms with van der Waals surface area (Å²) in [5, 5.41) is 4.60. The Morgan fingerprint density at radius 3 is 2.44 bits per heavy atom. The molecule has 1 aliphatic heterocycles. The topological polar surface area (TPSA) is 62.9 Å². The summed E-state index contributed by atoms with van der Waals surface area (Å²) in [6, 6.07) is 14.2. The minimum absolute atomic E-state index is 0.0268. The van der Waals surface area contributed by atoms with E-state index in [2.05, 4.69) is 5.10 Å². The number of aryl methyl sites for hydroxylation is 2. The molecule has 0 spiro atoms. The first kappa shape index (κ1) is 22.5. The lowest BCUT2D eigenvalue weighted by Gasteiger charge is -2.36. The lowest BCUT2D eigenvalue weighted by molar-refractivity contribution is 0.0746. The standard InChI is InChI=1S/C28H28FN5O2/c29-23-6-2-4-8-25(23)31-13-15-32(16-14-31)27(35)21-11-9-20(10-12-21)19-33-17-18-34-26(28(33)36)22-5-1-3-7-24(22)30-34/h2,4,6,8-12,17-18H,1,3,5,7,13-16,19H2. The number of piperazine rings is 1. The van der Waals surface area contributed by atoms with E-state index in [1.54, 1.807) is 27.4 Å². The van der Waals surface area contributed by atoms with Gasteiger partial charge < -0.3 is 14.4 Å². The first-order valence-corrected chi connectivity index (χ1v) is 12.6. The number of hydrogen-bond donors (Lipinski definition) is 0. The molecule has 36 heavy (non-hydrogen) atoms. The van der Waals surface area contributed by atoms with Crippen LogP contribution in [-0.4, -0.2) is 51.2 Å². The van der Waals surface area contributed by atoms with Crippen LogP contribution in [0.5, 0.6) is 0 Å². The Morgan fingerprint density at radius 1 is 0.917 bits per heavy atom. The number of aromatic nitrogens is 3. The Bertz CT molecular complexity index is 1480. The van der Waals surface area contributed by atoms with E-state index in [0.29, 0.717) is 49.5 Å². The van der Waals surface area contributed by atoms with Crippen molar-refractivity contribution in [1.82, 2.24) is 19.1 Å². The highest BCUT2D eigenvalue weighted by molar-refractivity contribution is 5.94. The van der Waals surface area contributed by atoms with Crippen LogP contribution in [0.15, 0.2) is 65.7 Å². The molecule has 2 aliphatic rings. The van der Waals surface area contributed by atoms with E-state index < -0.39 is 0 Å². The fourth-order valence-corrected chi connectivity index (χ4v) is 5.37. The molecular formula is C28H28FN5O2. The molecule has 0 N–H and O–H groups in total. The quantitative estimate of drug-likeness (QED) is 0.444. The highest BCUT2D eigenvalue weighted by Crippen LogP contribution is 2.23. The Hall–Kier alpha value is -3.94. The third kappa shape index (κ3) is 4.06. The molecule has 1 aliphatic carbocycles. The van der Waals surface area contributed by atoms with E-state index in [-0.39, 0.29) is 17.3 Å². The summed E-state index contributed by atoms with van der Waals surface area (Å²) in [6.07, 6.45) is 7.69. The molecule has 7 nitrogen and oxygen atoms in total. The van der Waals surface area contributed by atoms with Crippen LogP contribution in [-0.2, 0) is 19.4 Å². The van der Waals surface area contributed by atoms with Gasteiger partial charge in [0, 0.05) is 49.7 Å². The van der Waals surface area contributed by atoms with Gasteiger partial charge in [-0.1, -0.05) is 24.3 Å². The van der Waals surface area contributed by atoms with E-state index in [1.807, 2.05) is 46.3 Å². The molecule has 4 aromatic rings. The Morgan fingerprint density at radius 2 is 1.67 bits per heavy atom. The second-order valence-electron chi connectivity index (χ2n) is 9.58. The normalized spacial score (nSPS) is 15.8. The van der Waals surface area contributed by atoms with Gasteiger partial charge in [-0.05, 0) is 55.5 Å². The van der Waals surface area contributed by atoms with E-state index in [1.165, 1.54) is 6.07 Å². The smallest absolute Gasteiger partial charge is 0.277 e. The number of fused-ring (bicyclic) bond motifs is 3. The fraction of sp³-hybridized carbons (Fsp3) is 0.321. The van der Waals surface area contributed by atoms with E-state index in [0.717, 1.165) is 42.5 Å². The van der Waals surface area contributed by atoms with Crippen molar-refractivity contribution in [2.75, 3.05) is 31.1 Å². The van der Waals surface area contributed by atoms with Gasteiger partial charge in [-0.25, -0.2) is 8.91 Å². The third-order valence-electron chi connectivity index (χ3n) is 7.35. The lowest BCUT2D eigenvalue weighted by Crippen LogP contribution is -2.49. The second-order valence-corrected chi connectivity index (χ2v) is 9.58. The van der Waals surface area contributed by atoms with Crippen molar-refractivity contribution in [1.29, 1.82) is 0 Å². The SMILES string of the molecule is O=C(c1ccc(Cn2ccn3nc4c(c3c2=O)CCCC4)cc1)N1CCN(c2ccccc2F)CC1. The van der Waals surface area contributed by atoms with Gasteiger partial charge in [0.25, 0.3) is 11.5 Å². The summed E-state index contributed by atoms with van der Waals surface area (Å²) in [5.74, 6) is -0.265. The Labute approximate surface area is 208 Å². The molecule has 184 valence electrons. The van der Waals surface area contributed by atoms with Crippen LogP contribution in [0.2, 0.25) is 0 Å². The number of hydrogen-bond acceptors (Lipinski definition) is 4. The summed E-state index contributed by atoms with van der Waals surface area (Å²) in [4.78, 5) is 30.1. The molecule has 3 heterocycles. The van der Waals surface area contributed by atoms with E-state index >= 15 is 0 Å². The monoisotopic (exact) mass is 485 g/mol. The number of anilines is 1. The Balaban J connectivity index is 1.14. The zero-order valence-electron chi connectivity index (χ0n) is 20.1. The highest BCUT2D eigenvalue weighted by Gasteiger charge is 2.24. The van der Waals surface area contributed by atoms with E-state index in [9.17, 15) is 14.0 Å². The maximum absolute atomic E-state index is 14.1. The van der Waals surface area contributed by atoms with Crippen molar-refractivity contribution in [3.63, 3.8) is 0 Å². The number of carbonyl (C=O) groups excluding carboxylic acids is 1. The first-order valence-electron chi connectivity index (χ1n) is 12.6. The lowest BCUT2D eigenvalue weighted by atomic mass is 9.97. The molecule has 0 radical (unpaired) electrons. The number of nitrogens with zero attached hydrogens (tertiary/aromatic N) is 5. The molecule has 6 rings (SSSR count). The summed E-state index contributed by atoms with van der Waals surface area (Å²) >= 11 is 0. The number of amides is 1. The molecule has 8 heteroatoms. The second kappa shape index (κ2) is 9.26. The summed E-state index contributed by atoms with van der Waals surface area (Å²) in [5.41, 5.74) is 4.96. The molecule has 1 fully saturated rings. The molecule has 0 atom stereocenters. The average molecular weight is 486 g/mol. The number of benzene rings is 2. The fourth-order valence-electron chi connectivity index (χ4n) is 5.37. The molecular weight excluding hydrogens is 457 g/mol. The number of carbonyl (C=O) groups is 1. The zero-order valence-corrected chi connectivity index (χ0v) is 20.1. The maximum atomic E-state index is 14.1. The zero-order chi connectivity index (χ0) is 24.6. The number of para-hydroxylation sites is 1. The van der Waals surface area contributed by atoms with Gasteiger partial charge in [0.1, 0.15) is 11.3 Å². The van der Waals surface area contributed by atoms with Crippen molar-refractivity contribution >= 4 is 17.1 Å². The highest BCUT2D eigenvalue weighted by atomic mass is 19.1. The number of halogens is 1. The van der Waals surface area contributed by atoms with Gasteiger partial charge in [-0.2, -0.15) is 5.10 Å². The van der Waals surface area contributed by atoms with Gasteiger partial charge in [0.2, 0.25) is 0 Å². The van der Waals surface area contributed by atoms with Crippen LogP contribution >= 0.6 is 0 Å². The van der Waals surface area contributed by atoms with Gasteiger partial charge >= 0.3 is 0 Å². The summed E-state index contributed by atoms with van der Waals surface area (Å²) in [6.45, 7) is 2.70. The van der Waals surface area contributed by atoms with Crippen LogP contribution < -0.4 is 10.5 Å². The Kier molecular flexibility index (Phi) is 5.79. The van der Waals surface area contributed by atoms with Gasteiger partial charge in [0.05, 0.1) is 17.9 Å². The molecule has 0 unspecified atom stereocenters. The van der Waals surface area contributed by atoms with Crippen molar-refractivity contribution in [3.8, 4) is 0 Å². The molecule has 1 amide bonds. The van der Waals surface area contributed by atoms with Crippen LogP contribution in [0.25, 0.3) is 5.52 Å². The van der Waals surface area contributed by atoms with Crippen molar-refractivity contribution < 1.29 is 9.18 Å². The molecule has 2 aromatic heterocycles. The first-order chi connectivity index (χ1) is 17.6. The minimum atomic E-state index is -0.237. The van der Waals surface area contributed by atoms with Crippen molar-refractivity contribution in [2.45, 2.75) is 32.2 Å². The van der Waals surface area contributed by atoms with Gasteiger partial charge in [0.15, 0.2) is 0 Å². The average Bonchev–Trinajstić information content (AvgIpc) is 3.30. The maximum Gasteiger partial charge on any atom is 0.277 e. The van der Waals surface area contributed by atoms with Crippen molar-refractivity contribution in [2.24, 2.45) is 0 Å². The predicted octanol–water partition coefficient (Wildman–Crippen LogP) is 3.52. The van der Waals surface area contributed by atoms with E-state index in [4.69, 9.17) is 0 Å². The minimum Gasteiger partial charge on any atom is -0.366 e. The molecule has 2 aromatic carbocycles. The molecule has 0 bridgehead atoms. The van der Waals surface area contributed by atoms with Crippen LogP contribution in [0.4, 0.5) is 10.1 Å².